The van der Waals surface area contributed by atoms with E-state index in [0.717, 1.165) is 55.3 Å². The van der Waals surface area contributed by atoms with Crippen LogP contribution in [0.3, 0.4) is 0 Å². The number of piperazine rings is 1. The molecule has 0 N–H and O–H groups in total. The van der Waals surface area contributed by atoms with Gasteiger partial charge in [0.15, 0.2) is 0 Å². The molecule has 5 heteroatoms. The average molecular weight is 471 g/mol. The lowest BCUT2D eigenvalue weighted by Crippen LogP contribution is -2.48. The summed E-state index contributed by atoms with van der Waals surface area (Å²) in [4.78, 5) is 17.6. The molecule has 1 amide bonds. The lowest BCUT2D eigenvalue weighted by molar-refractivity contribution is 0.0650. The van der Waals surface area contributed by atoms with Crippen molar-refractivity contribution in [2.75, 3.05) is 39.3 Å². The van der Waals surface area contributed by atoms with Crippen LogP contribution in [0.15, 0.2) is 78.9 Å². The number of nitrogens with zero attached hydrogens (tertiary/aromatic N) is 2. The predicted molar refractivity (Wildman–Crippen MR) is 141 cm³/mol. The minimum Gasteiger partial charge on any atom is -0.493 e. The van der Waals surface area contributed by atoms with E-state index in [1.54, 1.807) is 0 Å². The summed E-state index contributed by atoms with van der Waals surface area (Å²) < 4.78 is 11.8. The molecule has 4 rings (SSSR count). The summed E-state index contributed by atoms with van der Waals surface area (Å²) in [6, 6.07) is 23.9. The van der Waals surface area contributed by atoms with Crippen molar-refractivity contribution in [3.05, 3.63) is 101 Å². The molecule has 0 atom stereocenters. The van der Waals surface area contributed by atoms with E-state index < -0.39 is 0 Å². The van der Waals surface area contributed by atoms with E-state index in [4.69, 9.17) is 9.47 Å². The molecule has 0 spiro atoms. The first-order valence-electron chi connectivity index (χ1n) is 12.3. The van der Waals surface area contributed by atoms with Gasteiger partial charge in [0.2, 0.25) is 0 Å². The highest BCUT2D eigenvalue weighted by Crippen LogP contribution is 2.24. The number of aryl methyl sites for hydroxylation is 1. The molecule has 1 fully saturated rings. The van der Waals surface area contributed by atoms with Crippen molar-refractivity contribution >= 4 is 12.0 Å². The van der Waals surface area contributed by atoms with Crippen LogP contribution in [0.25, 0.3) is 6.08 Å². The maximum absolute atomic E-state index is 13.3. The fraction of sp³-hybridized carbons (Fsp3) is 0.300. The van der Waals surface area contributed by atoms with Crippen LogP contribution in [0.4, 0.5) is 0 Å². The van der Waals surface area contributed by atoms with Crippen molar-refractivity contribution in [2.24, 2.45) is 0 Å². The third-order valence-electron chi connectivity index (χ3n) is 6.12. The van der Waals surface area contributed by atoms with Crippen LogP contribution in [0, 0.1) is 6.92 Å². The number of carbonyl (C=O) groups is 1. The highest BCUT2D eigenvalue weighted by atomic mass is 16.5. The second-order valence-electron chi connectivity index (χ2n) is 8.77. The molecule has 0 unspecified atom stereocenters. The molecule has 0 bridgehead atoms. The third-order valence-corrected chi connectivity index (χ3v) is 6.12. The van der Waals surface area contributed by atoms with Gasteiger partial charge < -0.3 is 14.4 Å². The molecular weight excluding hydrogens is 436 g/mol. The van der Waals surface area contributed by atoms with Gasteiger partial charge >= 0.3 is 0 Å². The van der Waals surface area contributed by atoms with Crippen molar-refractivity contribution < 1.29 is 14.3 Å². The summed E-state index contributed by atoms with van der Waals surface area (Å²) in [6.07, 6.45) is 4.34. The molecule has 5 nitrogen and oxygen atoms in total. The number of carbonyl (C=O) groups excluding carboxylic acids is 1. The summed E-state index contributed by atoms with van der Waals surface area (Å²) in [7, 11) is 0. The quantitative estimate of drug-likeness (QED) is 0.417. The first kappa shape index (κ1) is 24.6. The van der Waals surface area contributed by atoms with Crippen LogP contribution in [-0.4, -0.2) is 55.0 Å². The Balaban J connectivity index is 1.35. The molecule has 0 aliphatic carbocycles. The maximum atomic E-state index is 13.3. The molecule has 0 saturated carbocycles. The van der Waals surface area contributed by atoms with Crippen LogP contribution in [0.5, 0.6) is 11.5 Å². The van der Waals surface area contributed by atoms with Gasteiger partial charge in [0.25, 0.3) is 5.91 Å². The van der Waals surface area contributed by atoms with Gasteiger partial charge in [-0.15, -0.1) is 0 Å². The molecular formula is C30H34N2O3. The number of benzene rings is 3. The Hall–Kier alpha value is -3.57. The van der Waals surface area contributed by atoms with Gasteiger partial charge in [-0.25, -0.2) is 0 Å². The van der Waals surface area contributed by atoms with E-state index in [1.807, 2.05) is 79.4 Å². The van der Waals surface area contributed by atoms with Gasteiger partial charge in [-0.05, 0) is 55.3 Å². The van der Waals surface area contributed by atoms with E-state index in [9.17, 15) is 4.79 Å². The molecule has 3 aromatic rings. The van der Waals surface area contributed by atoms with Crippen molar-refractivity contribution in [2.45, 2.75) is 20.5 Å². The minimum atomic E-state index is 0.0596. The standard InChI is InChI=1S/C30H34N2O3/c1-3-34-29-15-14-26(22-27(29)23-35-28-13-7-9-24(2)21-28)30(33)32-19-17-31(18-20-32)16-8-12-25-10-5-4-6-11-25/h4-15,21-22H,3,16-20,23H2,1-2H3/b12-8+. The number of ether oxygens (including phenoxy) is 2. The second kappa shape index (κ2) is 12.2. The van der Waals surface area contributed by atoms with Gasteiger partial charge in [0.05, 0.1) is 6.61 Å². The molecule has 1 saturated heterocycles. The largest absolute Gasteiger partial charge is 0.493 e. The van der Waals surface area contributed by atoms with Gasteiger partial charge in [0, 0.05) is 43.9 Å². The third kappa shape index (κ3) is 6.96. The lowest BCUT2D eigenvalue weighted by atomic mass is 10.1. The van der Waals surface area contributed by atoms with Crippen molar-refractivity contribution in [3.8, 4) is 11.5 Å². The fourth-order valence-corrected chi connectivity index (χ4v) is 4.21. The van der Waals surface area contributed by atoms with E-state index in [1.165, 1.54) is 5.56 Å². The second-order valence-corrected chi connectivity index (χ2v) is 8.77. The number of hydrogen-bond donors (Lipinski definition) is 0. The normalized spacial score (nSPS) is 14.3. The summed E-state index contributed by atoms with van der Waals surface area (Å²) >= 11 is 0. The molecule has 182 valence electrons. The van der Waals surface area contributed by atoms with E-state index in [0.29, 0.717) is 18.8 Å². The minimum absolute atomic E-state index is 0.0596. The molecule has 1 aliphatic heterocycles. The van der Waals surface area contributed by atoms with Crippen LogP contribution in [0.2, 0.25) is 0 Å². The molecule has 1 aliphatic rings. The Kier molecular flexibility index (Phi) is 8.58. The Morgan fingerprint density at radius 3 is 2.46 bits per heavy atom. The van der Waals surface area contributed by atoms with Crippen molar-refractivity contribution in [1.82, 2.24) is 9.80 Å². The SMILES string of the molecule is CCOc1ccc(C(=O)N2CCN(C/C=C/c3ccccc3)CC2)cc1COc1cccc(C)c1. The fourth-order valence-electron chi connectivity index (χ4n) is 4.21. The number of amides is 1. The molecule has 0 aromatic heterocycles. The molecule has 3 aromatic carbocycles. The summed E-state index contributed by atoms with van der Waals surface area (Å²) in [5.41, 5.74) is 3.91. The van der Waals surface area contributed by atoms with Crippen LogP contribution in [-0.2, 0) is 6.61 Å². The average Bonchev–Trinajstić information content (AvgIpc) is 2.89. The number of rotatable bonds is 9. The highest BCUT2D eigenvalue weighted by molar-refractivity contribution is 5.94. The van der Waals surface area contributed by atoms with Gasteiger partial charge in [0.1, 0.15) is 18.1 Å². The van der Waals surface area contributed by atoms with E-state index in [-0.39, 0.29) is 5.91 Å². The smallest absolute Gasteiger partial charge is 0.253 e. The van der Waals surface area contributed by atoms with Gasteiger partial charge in [-0.3, -0.25) is 9.69 Å². The Bertz CT molecular complexity index is 1140. The Labute approximate surface area is 208 Å². The summed E-state index contributed by atoms with van der Waals surface area (Å²) in [5.74, 6) is 1.62. The molecule has 1 heterocycles. The van der Waals surface area contributed by atoms with Crippen molar-refractivity contribution in [1.29, 1.82) is 0 Å². The van der Waals surface area contributed by atoms with Gasteiger partial charge in [-0.2, -0.15) is 0 Å². The Morgan fingerprint density at radius 2 is 1.71 bits per heavy atom. The first-order valence-corrected chi connectivity index (χ1v) is 12.3. The monoisotopic (exact) mass is 470 g/mol. The highest BCUT2D eigenvalue weighted by Gasteiger charge is 2.22. The zero-order chi connectivity index (χ0) is 24.5. The van der Waals surface area contributed by atoms with Crippen molar-refractivity contribution in [3.63, 3.8) is 0 Å². The molecule has 35 heavy (non-hydrogen) atoms. The maximum Gasteiger partial charge on any atom is 0.253 e. The Morgan fingerprint density at radius 1 is 0.914 bits per heavy atom. The molecule has 0 radical (unpaired) electrons. The van der Waals surface area contributed by atoms with E-state index >= 15 is 0 Å². The summed E-state index contributed by atoms with van der Waals surface area (Å²) in [5, 5.41) is 0. The topological polar surface area (TPSA) is 42.0 Å². The summed E-state index contributed by atoms with van der Waals surface area (Å²) in [6.45, 7) is 8.97. The zero-order valence-electron chi connectivity index (χ0n) is 20.7. The van der Waals surface area contributed by atoms with Crippen LogP contribution >= 0.6 is 0 Å². The van der Waals surface area contributed by atoms with Gasteiger partial charge in [-0.1, -0.05) is 54.6 Å². The zero-order valence-corrected chi connectivity index (χ0v) is 20.7. The first-order chi connectivity index (χ1) is 17.1. The number of hydrogen-bond acceptors (Lipinski definition) is 4. The lowest BCUT2D eigenvalue weighted by Gasteiger charge is -2.34. The van der Waals surface area contributed by atoms with E-state index in [2.05, 4.69) is 29.2 Å². The van der Waals surface area contributed by atoms with Crippen LogP contribution in [0.1, 0.15) is 34.0 Å². The van der Waals surface area contributed by atoms with Crippen LogP contribution < -0.4 is 9.47 Å². The predicted octanol–water partition coefficient (Wildman–Crippen LogP) is 5.44.